The van der Waals surface area contributed by atoms with E-state index < -0.39 is 17.7 Å². The topological polar surface area (TPSA) is 32.5 Å². The third kappa shape index (κ3) is 4.23. The summed E-state index contributed by atoms with van der Waals surface area (Å²) in [5.41, 5.74) is 6.24. The van der Waals surface area contributed by atoms with Crippen LogP contribution in [-0.4, -0.2) is 49.6 Å². The molecular formula is C15H23F2N3. The monoisotopic (exact) mass is 283 g/mol. The van der Waals surface area contributed by atoms with E-state index >= 15 is 0 Å². The Labute approximate surface area is 119 Å². The highest BCUT2D eigenvalue weighted by Gasteiger charge is 2.16. The Morgan fingerprint density at radius 1 is 1.30 bits per heavy atom. The zero-order valence-corrected chi connectivity index (χ0v) is 12.0. The van der Waals surface area contributed by atoms with Crippen LogP contribution in [0.2, 0.25) is 0 Å². The maximum atomic E-state index is 13.6. The first-order chi connectivity index (χ1) is 9.56. The van der Waals surface area contributed by atoms with Gasteiger partial charge in [-0.05, 0) is 51.2 Å². The van der Waals surface area contributed by atoms with Crippen LogP contribution >= 0.6 is 0 Å². The molecule has 0 bridgehead atoms. The number of nitrogens with two attached hydrogens (primary N) is 1. The SMILES string of the molecule is CN(CCN1CCCC1)CC(N)c1cc(F)ccc1F. The second kappa shape index (κ2) is 7.11. The van der Waals surface area contributed by atoms with Crippen molar-refractivity contribution < 1.29 is 8.78 Å². The van der Waals surface area contributed by atoms with Gasteiger partial charge in [0, 0.05) is 31.2 Å². The third-order valence-electron chi connectivity index (χ3n) is 3.86. The van der Waals surface area contributed by atoms with Crippen molar-refractivity contribution >= 4 is 0 Å². The molecule has 0 aromatic heterocycles. The molecule has 3 nitrogen and oxygen atoms in total. The maximum Gasteiger partial charge on any atom is 0.128 e. The molecule has 0 spiro atoms. The van der Waals surface area contributed by atoms with E-state index in [1.807, 2.05) is 7.05 Å². The van der Waals surface area contributed by atoms with Crippen molar-refractivity contribution in [2.24, 2.45) is 5.73 Å². The van der Waals surface area contributed by atoms with Crippen LogP contribution in [0.5, 0.6) is 0 Å². The standard InChI is InChI=1S/C15H23F2N3/c1-19(8-9-20-6-2-3-7-20)11-15(18)13-10-12(16)4-5-14(13)17/h4-5,10,15H,2-3,6-9,11,18H2,1H3. The lowest BCUT2D eigenvalue weighted by Crippen LogP contribution is -2.35. The number of hydrogen-bond donors (Lipinski definition) is 1. The number of benzene rings is 1. The van der Waals surface area contributed by atoms with E-state index in [1.165, 1.54) is 32.0 Å². The fraction of sp³-hybridized carbons (Fsp3) is 0.600. The van der Waals surface area contributed by atoms with E-state index in [0.29, 0.717) is 6.54 Å². The molecule has 0 amide bonds. The number of hydrogen-bond acceptors (Lipinski definition) is 3. The van der Waals surface area contributed by atoms with E-state index in [9.17, 15) is 8.78 Å². The molecule has 5 heteroatoms. The van der Waals surface area contributed by atoms with Gasteiger partial charge in [0.15, 0.2) is 0 Å². The first kappa shape index (κ1) is 15.4. The lowest BCUT2D eigenvalue weighted by Gasteiger charge is -2.24. The van der Waals surface area contributed by atoms with Crippen molar-refractivity contribution in [3.8, 4) is 0 Å². The summed E-state index contributed by atoms with van der Waals surface area (Å²) in [6, 6.07) is 2.93. The van der Waals surface area contributed by atoms with Crippen LogP contribution in [0.15, 0.2) is 18.2 Å². The Morgan fingerprint density at radius 3 is 2.70 bits per heavy atom. The van der Waals surface area contributed by atoms with Crippen LogP contribution in [-0.2, 0) is 0 Å². The van der Waals surface area contributed by atoms with Crippen LogP contribution in [0.1, 0.15) is 24.4 Å². The lowest BCUT2D eigenvalue weighted by molar-refractivity contribution is 0.247. The Bertz CT molecular complexity index is 433. The van der Waals surface area contributed by atoms with Crippen LogP contribution in [0, 0.1) is 11.6 Å². The molecule has 1 unspecified atom stereocenters. The van der Waals surface area contributed by atoms with Gasteiger partial charge in [-0.2, -0.15) is 0 Å². The van der Waals surface area contributed by atoms with Crippen LogP contribution in [0.3, 0.4) is 0 Å². The molecular weight excluding hydrogens is 260 g/mol. The maximum absolute atomic E-state index is 13.6. The number of likely N-dealkylation sites (N-methyl/N-ethyl adjacent to an activating group) is 1. The van der Waals surface area contributed by atoms with Gasteiger partial charge < -0.3 is 15.5 Å². The van der Waals surface area contributed by atoms with Gasteiger partial charge in [0.25, 0.3) is 0 Å². The second-order valence-electron chi connectivity index (χ2n) is 5.58. The van der Waals surface area contributed by atoms with Crippen molar-refractivity contribution in [1.82, 2.24) is 9.80 Å². The van der Waals surface area contributed by atoms with Crippen molar-refractivity contribution in [3.05, 3.63) is 35.4 Å². The summed E-state index contributed by atoms with van der Waals surface area (Å²) in [5.74, 6) is -0.886. The quantitative estimate of drug-likeness (QED) is 0.866. The number of halogens is 2. The summed E-state index contributed by atoms with van der Waals surface area (Å²) in [6.07, 6.45) is 2.55. The minimum Gasteiger partial charge on any atom is -0.323 e. The molecule has 2 rings (SSSR count). The van der Waals surface area contributed by atoms with E-state index in [2.05, 4.69) is 9.80 Å². The Hall–Kier alpha value is -1.04. The summed E-state index contributed by atoms with van der Waals surface area (Å²) in [6.45, 7) is 4.75. The molecule has 0 aliphatic carbocycles. The smallest absolute Gasteiger partial charge is 0.128 e. The van der Waals surface area contributed by atoms with Gasteiger partial charge in [-0.25, -0.2) is 8.78 Å². The van der Waals surface area contributed by atoms with Gasteiger partial charge >= 0.3 is 0 Å². The van der Waals surface area contributed by atoms with Crippen molar-refractivity contribution in [1.29, 1.82) is 0 Å². The molecule has 1 aromatic rings. The normalized spacial score (nSPS) is 17.9. The predicted octanol–water partition coefficient (Wildman–Crippen LogP) is 1.99. The van der Waals surface area contributed by atoms with E-state index in [4.69, 9.17) is 5.73 Å². The highest BCUT2D eigenvalue weighted by Crippen LogP contribution is 2.17. The van der Waals surface area contributed by atoms with Crippen LogP contribution in [0.25, 0.3) is 0 Å². The number of rotatable bonds is 6. The highest BCUT2D eigenvalue weighted by atomic mass is 19.1. The third-order valence-corrected chi connectivity index (χ3v) is 3.86. The first-order valence-corrected chi connectivity index (χ1v) is 7.17. The van der Waals surface area contributed by atoms with E-state index in [0.717, 1.165) is 25.2 Å². The Kier molecular flexibility index (Phi) is 5.46. The molecule has 1 aliphatic rings. The van der Waals surface area contributed by atoms with Crippen molar-refractivity contribution in [2.45, 2.75) is 18.9 Å². The predicted molar refractivity (Wildman–Crippen MR) is 76.5 cm³/mol. The summed E-state index contributed by atoms with van der Waals surface area (Å²) >= 11 is 0. The van der Waals surface area contributed by atoms with E-state index in [1.54, 1.807) is 0 Å². The van der Waals surface area contributed by atoms with Gasteiger partial charge in [-0.3, -0.25) is 0 Å². The summed E-state index contributed by atoms with van der Waals surface area (Å²) < 4.78 is 26.8. The number of likely N-dealkylation sites (tertiary alicyclic amines) is 1. The number of nitrogens with zero attached hydrogens (tertiary/aromatic N) is 2. The summed E-state index contributed by atoms with van der Waals surface area (Å²) in [5, 5.41) is 0. The fourth-order valence-corrected chi connectivity index (χ4v) is 2.64. The second-order valence-corrected chi connectivity index (χ2v) is 5.58. The molecule has 112 valence electrons. The first-order valence-electron chi connectivity index (χ1n) is 7.17. The molecule has 1 aromatic carbocycles. The molecule has 20 heavy (non-hydrogen) atoms. The molecule has 1 atom stereocenters. The van der Waals surface area contributed by atoms with Crippen molar-refractivity contribution in [3.63, 3.8) is 0 Å². The summed E-state index contributed by atoms with van der Waals surface area (Å²) in [7, 11) is 1.97. The molecule has 1 aliphatic heterocycles. The van der Waals surface area contributed by atoms with Gasteiger partial charge in [0.2, 0.25) is 0 Å². The minimum atomic E-state index is -0.505. The zero-order valence-electron chi connectivity index (χ0n) is 12.0. The average molecular weight is 283 g/mol. The van der Waals surface area contributed by atoms with Gasteiger partial charge in [0.1, 0.15) is 11.6 Å². The van der Waals surface area contributed by atoms with Gasteiger partial charge in [-0.1, -0.05) is 0 Å². The van der Waals surface area contributed by atoms with E-state index in [-0.39, 0.29) is 5.56 Å². The molecule has 1 saturated heterocycles. The molecule has 0 saturated carbocycles. The van der Waals surface area contributed by atoms with Crippen molar-refractivity contribution in [2.75, 3.05) is 39.8 Å². The summed E-state index contributed by atoms with van der Waals surface area (Å²) in [4.78, 5) is 4.50. The molecule has 1 fully saturated rings. The Morgan fingerprint density at radius 2 is 2.00 bits per heavy atom. The van der Waals surface area contributed by atoms with Crippen LogP contribution in [0.4, 0.5) is 8.78 Å². The average Bonchev–Trinajstić information content (AvgIpc) is 2.92. The van der Waals surface area contributed by atoms with Gasteiger partial charge in [-0.15, -0.1) is 0 Å². The van der Waals surface area contributed by atoms with Crippen LogP contribution < -0.4 is 5.73 Å². The minimum absolute atomic E-state index is 0.248. The highest BCUT2D eigenvalue weighted by molar-refractivity contribution is 5.22. The molecule has 2 N–H and O–H groups in total. The fourth-order valence-electron chi connectivity index (χ4n) is 2.64. The lowest BCUT2D eigenvalue weighted by atomic mass is 10.1. The molecule has 0 radical (unpaired) electrons. The largest absolute Gasteiger partial charge is 0.323 e. The van der Waals surface area contributed by atoms with Gasteiger partial charge in [0.05, 0.1) is 0 Å². The zero-order chi connectivity index (χ0) is 14.5. The Balaban J connectivity index is 1.83. The molecule has 1 heterocycles.